The van der Waals surface area contributed by atoms with Gasteiger partial charge in [-0.05, 0) is 6.92 Å². The summed E-state index contributed by atoms with van der Waals surface area (Å²) >= 11 is 0. The molecule has 0 aromatic carbocycles. The lowest BCUT2D eigenvalue weighted by atomic mass is 10.2. The highest BCUT2D eigenvalue weighted by Gasteiger charge is 2.15. The molecule has 2 heterocycles. The minimum Gasteiger partial charge on any atom is -0.396 e. The van der Waals surface area contributed by atoms with Crippen LogP contribution < -0.4 is 11.5 Å². The van der Waals surface area contributed by atoms with Crippen LogP contribution in [-0.4, -0.2) is 20.5 Å². The van der Waals surface area contributed by atoms with E-state index in [0.29, 0.717) is 22.6 Å². The summed E-state index contributed by atoms with van der Waals surface area (Å²) in [6.07, 6.45) is 3.05. The van der Waals surface area contributed by atoms with E-state index in [9.17, 15) is 4.79 Å². The van der Waals surface area contributed by atoms with Crippen LogP contribution in [0.5, 0.6) is 0 Å². The minimum absolute atomic E-state index is 0.338. The molecule has 0 atom stereocenters. The van der Waals surface area contributed by atoms with Gasteiger partial charge in [-0.1, -0.05) is 0 Å². The molecule has 1 amide bonds. The van der Waals surface area contributed by atoms with Gasteiger partial charge in [-0.15, -0.1) is 0 Å². The number of rotatable bonds is 1. The van der Waals surface area contributed by atoms with Gasteiger partial charge in [0.2, 0.25) is 0 Å². The molecular weight excluding hydrogens is 182 g/mol. The Labute approximate surface area is 79.5 Å². The van der Waals surface area contributed by atoms with Gasteiger partial charge in [-0.25, -0.2) is 9.50 Å². The molecule has 0 saturated carbocycles. The van der Waals surface area contributed by atoms with Crippen molar-refractivity contribution in [1.29, 1.82) is 0 Å². The summed E-state index contributed by atoms with van der Waals surface area (Å²) in [5, 5.41) is 4.07. The molecule has 14 heavy (non-hydrogen) atoms. The molecule has 0 spiro atoms. The monoisotopic (exact) mass is 191 g/mol. The molecule has 2 rings (SSSR count). The van der Waals surface area contributed by atoms with Gasteiger partial charge in [-0.3, -0.25) is 4.79 Å². The van der Waals surface area contributed by atoms with E-state index in [4.69, 9.17) is 11.5 Å². The van der Waals surface area contributed by atoms with Crippen LogP contribution in [-0.2, 0) is 0 Å². The molecule has 6 nitrogen and oxygen atoms in total. The van der Waals surface area contributed by atoms with Crippen LogP contribution in [0, 0.1) is 6.92 Å². The van der Waals surface area contributed by atoms with Gasteiger partial charge >= 0.3 is 0 Å². The number of nitrogens with zero attached hydrogens (tertiary/aromatic N) is 3. The van der Waals surface area contributed by atoms with E-state index in [2.05, 4.69) is 10.1 Å². The van der Waals surface area contributed by atoms with E-state index in [1.807, 2.05) is 0 Å². The topological polar surface area (TPSA) is 99.3 Å². The van der Waals surface area contributed by atoms with Gasteiger partial charge < -0.3 is 11.5 Å². The molecule has 0 saturated heterocycles. The van der Waals surface area contributed by atoms with Crippen LogP contribution in [0.2, 0.25) is 0 Å². The number of primary amides is 1. The molecule has 72 valence electrons. The molecular formula is C8H9N5O. The fourth-order valence-corrected chi connectivity index (χ4v) is 1.35. The number of hydrogen-bond donors (Lipinski definition) is 2. The largest absolute Gasteiger partial charge is 0.396 e. The molecule has 2 aromatic heterocycles. The number of aromatic nitrogens is 3. The third kappa shape index (κ3) is 1.08. The zero-order valence-electron chi connectivity index (χ0n) is 7.56. The predicted octanol–water partition coefficient (Wildman–Crippen LogP) is -0.281. The van der Waals surface area contributed by atoms with Gasteiger partial charge in [0.15, 0.2) is 5.65 Å². The quantitative estimate of drug-likeness (QED) is 0.647. The fraction of sp³-hybridized carbons (Fsp3) is 0.125. The lowest BCUT2D eigenvalue weighted by Crippen LogP contribution is -2.12. The van der Waals surface area contributed by atoms with Crippen LogP contribution >= 0.6 is 0 Å². The third-order valence-corrected chi connectivity index (χ3v) is 1.91. The highest BCUT2D eigenvalue weighted by Crippen LogP contribution is 2.13. The van der Waals surface area contributed by atoms with Gasteiger partial charge in [-0.2, -0.15) is 5.10 Å². The van der Waals surface area contributed by atoms with Crippen LogP contribution in [0.4, 0.5) is 5.69 Å². The maximum Gasteiger partial charge on any atom is 0.254 e. The second-order valence-electron chi connectivity index (χ2n) is 2.98. The Bertz CT molecular complexity index is 516. The number of anilines is 1. The summed E-state index contributed by atoms with van der Waals surface area (Å²) in [5.74, 6) is -0.533. The van der Waals surface area contributed by atoms with Crippen molar-refractivity contribution in [3.8, 4) is 0 Å². The van der Waals surface area contributed by atoms with Crippen LogP contribution in [0.1, 0.15) is 16.1 Å². The van der Waals surface area contributed by atoms with Gasteiger partial charge in [0.25, 0.3) is 5.91 Å². The Hall–Kier alpha value is -2.11. The zero-order valence-corrected chi connectivity index (χ0v) is 7.56. The van der Waals surface area contributed by atoms with Gasteiger partial charge in [0.1, 0.15) is 5.56 Å². The summed E-state index contributed by atoms with van der Waals surface area (Å²) in [4.78, 5) is 15.1. The number of hydrogen-bond acceptors (Lipinski definition) is 4. The lowest BCUT2D eigenvalue weighted by Gasteiger charge is -1.95. The number of nitrogen functional groups attached to an aromatic ring is 1. The van der Waals surface area contributed by atoms with E-state index in [1.165, 1.54) is 10.7 Å². The maximum atomic E-state index is 11.1. The van der Waals surface area contributed by atoms with E-state index in [0.717, 1.165) is 0 Å². The van der Waals surface area contributed by atoms with Crippen LogP contribution in [0.15, 0.2) is 12.4 Å². The molecule has 4 N–H and O–H groups in total. The van der Waals surface area contributed by atoms with Gasteiger partial charge in [0.05, 0.1) is 23.8 Å². The molecule has 0 fully saturated rings. The highest BCUT2D eigenvalue weighted by atomic mass is 16.1. The van der Waals surface area contributed by atoms with Crippen LogP contribution in [0.3, 0.4) is 0 Å². The number of fused-ring (bicyclic) bond motifs is 1. The minimum atomic E-state index is -0.533. The van der Waals surface area contributed by atoms with Crippen molar-refractivity contribution in [3.05, 3.63) is 23.7 Å². The first kappa shape index (κ1) is 8.49. The fourth-order valence-electron chi connectivity index (χ4n) is 1.35. The zero-order chi connectivity index (χ0) is 10.3. The molecule has 0 aliphatic carbocycles. The number of aryl methyl sites for hydroxylation is 1. The summed E-state index contributed by atoms with van der Waals surface area (Å²) in [6, 6.07) is 0. The molecule has 0 radical (unpaired) electrons. The third-order valence-electron chi connectivity index (χ3n) is 1.91. The van der Waals surface area contributed by atoms with Crippen LogP contribution in [0.25, 0.3) is 5.65 Å². The van der Waals surface area contributed by atoms with Gasteiger partial charge in [0, 0.05) is 0 Å². The summed E-state index contributed by atoms with van der Waals surface area (Å²) in [5.41, 5.74) is 12.5. The van der Waals surface area contributed by atoms with Crippen molar-refractivity contribution in [1.82, 2.24) is 14.6 Å². The molecule has 0 aliphatic rings. The van der Waals surface area contributed by atoms with Crippen molar-refractivity contribution >= 4 is 17.2 Å². The van der Waals surface area contributed by atoms with Crippen molar-refractivity contribution < 1.29 is 4.79 Å². The second kappa shape index (κ2) is 2.69. The number of carbonyl (C=O) groups excluding carboxylic acids is 1. The van der Waals surface area contributed by atoms with Crippen molar-refractivity contribution in [2.75, 3.05) is 5.73 Å². The summed E-state index contributed by atoms with van der Waals surface area (Å²) in [6.45, 7) is 1.70. The molecule has 6 heteroatoms. The Morgan fingerprint density at radius 1 is 1.57 bits per heavy atom. The average Bonchev–Trinajstić information content (AvgIpc) is 2.39. The first-order valence-corrected chi connectivity index (χ1v) is 4.00. The number of amides is 1. The van der Waals surface area contributed by atoms with E-state index in [1.54, 1.807) is 13.1 Å². The molecule has 0 aliphatic heterocycles. The SMILES string of the molecule is Cc1nn2cc(N)cnc2c1C(N)=O. The second-order valence-corrected chi connectivity index (χ2v) is 2.98. The Kier molecular flexibility index (Phi) is 1.63. The summed E-state index contributed by atoms with van der Waals surface area (Å²) < 4.78 is 1.45. The maximum absolute atomic E-state index is 11.1. The number of nitrogens with two attached hydrogens (primary N) is 2. The number of carbonyl (C=O) groups is 1. The van der Waals surface area contributed by atoms with Crippen molar-refractivity contribution in [3.63, 3.8) is 0 Å². The lowest BCUT2D eigenvalue weighted by molar-refractivity contribution is 0.100. The van der Waals surface area contributed by atoms with E-state index in [-0.39, 0.29) is 0 Å². The summed E-state index contributed by atoms with van der Waals surface area (Å²) in [7, 11) is 0. The van der Waals surface area contributed by atoms with Crippen molar-refractivity contribution in [2.45, 2.75) is 6.92 Å². The van der Waals surface area contributed by atoms with E-state index < -0.39 is 5.91 Å². The average molecular weight is 191 g/mol. The normalized spacial score (nSPS) is 10.6. The Balaban J connectivity index is 2.84. The predicted molar refractivity (Wildman–Crippen MR) is 50.7 cm³/mol. The first-order valence-electron chi connectivity index (χ1n) is 4.00. The standard InChI is InChI=1S/C8H9N5O/c1-4-6(7(10)14)8-11-2-5(9)3-13(8)12-4/h2-3H,9H2,1H3,(H2,10,14). The van der Waals surface area contributed by atoms with Crippen molar-refractivity contribution in [2.24, 2.45) is 5.73 Å². The highest BCUT2D eigenvalue weighted by molar-refractivity contribution is 5.99. The van der Waals surface area contributed by atoms with E-state index >= 15 is 0 Å². The molecule has 0 bridgehead atoms. The Morgan fingerprint density at radius 2 is 2.29 bits per heavy atom. The first-order chi connectivity index (χ1) is 6.59. The molecule has 0 unspecified atom stereocenters. The molecule has 2 aromatic rings. The smallest absolute Gasteiger partial charge is 0.254 e. The Morgan fingerprint density at radius 3 is 2.93 bits per heavy atom.